The van der Waals surface area contributed by atoms with Crippen molar-refractivity contribution in [2.75, 3.05) is 13.0 Å². The van der Waals surface area contributed by atoms with E-state index in [1.165, 1.54) is 0 Å². The Kier molecular flexibility index (Phi) is 4.19. The van der Waals surface area contributed by atoms with Crippen molar-refractivity contribution in [1.29, 1.82) is 0 Å². The van der Waals surface area contributed by atoms with E-state index in [0.29, 0.717) is 5.88 Å². The van der Waals surface area contributed by atoms with Crippen molar-refractivity contribution in [1.82, 2.24) is 0 Å². The minimum atomic E-state index is -0.315. The molecule has 0 N–H and O–H groups in total. The van der Waals surface area contributed by atoms with Gasteiger partial charge in [-0.3, -0.25) is 0 Å². The van der Waals surface area contributed by atoms with Gasteiger partial charge in [-0.05, 0) is 12.5 Å². The minimum absolute atomic E-state index is 0.315. The van der Waals surface area contributed by atoms with Gasteiger partial charge in [0.05, 0.1) is 11.6 Å². The quantitative estimate of drug-likeness (QED) is 0.383. The molecule has 0 radical (unpaired) electrons. The maximum absolute atomic E-state index is 5.59. The molecule has 0 saturated heterocycles. The summed E-state index contributed by atoms with van der Waals surface area (Å²) in [5, 5.41) is 0. The van der Waals surface area contributed by atoms with E-state index in [9.17, 15) is 0 Å². The van der Waals surface area contributed by atoms with Crippen LogP contribution in [0.3, 0.4) is 0 Å². The maximum atomic E-state index is 5.59. The standard InChI is InChI=1S/C9H13ClO2/c1-11-9(7-10)12-8-5-3-2-4-6-8/h2-3,6,9H,4-5,7H2,1H3. The Balaban J connectivity index is 2.33. The summed E-state index contributed by atoms with van der Waals surface area (Å²) in [4.78, 5) is 0. The Hall–Kier alpha value is -0.470. The Bertz CT molecular complexity index is 183. The van der Waals surface area contributed by atoms with Crippen molar-refractivity contribution >= 4 is 11.6 Å². The second-order valence-electron chi connectivity index (χ2n) is 2.52. The summed E-state index contributed by atoms with van der Waals surface area (Å²) in [7, 11) is 1.59. The molecule has 0 spiro atoms. The van der Waals surface area contributed by atoms with Gasteiger partial charge in [-0.2, -0.15) is 0 Å². The number of methoxy groups -OCH3 is 1. The molecule has 0 aliphatic heterocycles. The van der Waals surface area contributed by atoms with Crippen LogP contribution in [0.4, 0.5) is 0 Å². The Morgan fingerprint density at radius 1 is 1.58 bits per heavy atom. The number of hydrogen-bond acceptors (Lipinski definition) is 2. The molecule has 1 rings (SSSR count). The van der Waals surface area contributed by atoms with Crippen LogP contribution in [-0.4, -0.2) is 19.3 Å². The number of rotatable bonds is 4. The van der Waals surface area contributed by atoms with E-state index in [4.69, 9.17) is 21.1 Å². The van der Waals surface area contributed by atoms with E-state index in [2.05, 4.69) is 12.2 Å². The van der Waals surface area contributed by atoms with Gasteiger partial charge in [0, 0.05) is 13.5 Å². The lowest BCUT2D eigenvalue weighted by atomic mass is 10.2. The van der Waals surface area contributed by atoms with E-state index < -0.39 is 0 Å². The molecular formula is C9H13ClO2. The van der Waals surface area contributed by atoms with Crippen LogP contribution in [-0.2, 0) is 9.47 Å². The molecule has 1 atom stereocenters. The van der Waals surface area contributed by atoms with E-state index in [0.717, 1.165) is 18.6 Å². The Morgan fingerprint density at radius 3 is 2.92 bits per heavy atom. The average molecular weight is 189 g/mol. The fourth-order valence-corrected chi connectivity index (χ4v) is 1.18. The van der Waals surface area contributed by atoms with Gasteiger partial charge in [0.1, 0.15) is 0 Å². The molecule has 0 amide bonds. The molecule has 0 saturated carbocycles. The molecule has 1 unspecified atom stereocenters. The average Bonchev–Trinajstić information content (AvgIpc) is 2.16. The zero-order valence-electron chi connectivity index (χ0n) is 7.13. The molecule has 2 nitrogen and oxygen atoms in total. The SMILES string of the molecule is COC(CCl)OC1=CCC=CC1. The molecular weight excluding hydrogens is 176 g/mol. The summed E-state index contributed by atoms with van der Waals surface area (Å²) in [6, 6.07) is 0. The molecule has 1 aliphatic carbocycles. The monoisotopic (exact) mass is 188 g/mol. The van der Waals surface area contributed by atoms with Gasteiger partial charge in [-0.25, -0.2) is 0 Å². The fraction of sp³-hybridized carbons (Fsp3) is 0.556. The van der Waals surface area contributed by atoms with Crippen molar-refractivity contribution < 1.29 is 9.47 Å². The normalized spacial score (nSPS) is 18.7. The third-order valence-corrected chi connectivity index (χ3v) is 1.89. The first-order chi connectivity index (χ1) is 5.86. The summed E-state index contributed by atoms with van der Waals surface area (Å²) in [6.45, 7) is 0. The van der Waals surface area contributed by atoms with E-state index in [1.807, 2.05) is 6.08 Å². The van der Waals surface area contributed by atoms with Crippen molar-refractivity contribution in [3.63, 3.8) is 0 Å². The van der Waals surface area contributed by atoms with Crippen LogP contribution in [0.25, 0.3) is 0 Å². The van der Waals surface area contributed by atoms with Gasteiger partial charge in [0.25, 0.3) is 0 Å². The van der Waals surface area contributed by atoms with Crippen LogP contribution < -0.4 is 0 Å². The van der Waals surface area contributed by atoms with Gasteiger partial charge in [-0.15, -0.1) is 11.6 Å². The molecule has 0 aromatic heterocycles. The third kappa shape index (κ3) is 2.88. The van der Waals surface area contributed by atoms with Crippen molar-refractivity contribution in [2.45, 2.75) is 19.1 Å². The molecule has 0 bridgehead atoms. The molecule has 0 heterocycles. The molecule has 12 heavy (non-hydrogen) atoms. The highest BCUT2D eigenvalue weighted by molar-refractivity contribution is 6.18. The largest absolute Gasteiger partial charge is 0.468 e. The minimum Gasteiger partial charge on any atom is -0.468 e. The summed E-state index contributed by atoms with van der Waals surface area (Å²) >= 11 is 5.59. The second kappa shape index (κ2) is 5.22. The highest BCUT2D eigenvalue weighted by Crippen LogP contribution is 2.14. The molecule has 0 fully saturated rings. The van der Waals surface area contributed by atoms with Crippen LogP contribution in [0, 0.1) is 0 Å². The first-order valence-corrected chi connectivity index (χ1v) is 4.49. The Morgan fingerprint density at radius 2 is 2.42 bits per heavy atom. The summed E-state index contributed by atoms with van der Waals surface area (Å²) in [5.74, 6) is 1.31. The lowest BCUT2D eigenvalue weighted by Crippen LogP contribution is -2.16. The highest BCUT2D eigenvalue weighted by Gasteiger charge is 2.08. The molecule has 3 heteroatoms. The smallest absolute Gasteiger partial charge is 0.212 e. The van der Waals surface area contributed by atoms with Gasteiger partial charge in [0.2, 0.25) is 6.29 Å². The zero-order chi connectivity index (χ0) is 8.81. The third-order valence-electron chi connectivity index (χ3n) is 1.64. The van der Waals surface area contributed by atoms with Crippen LogP contribution in [0.5, 0.6) is 0 Å². The van der Waals surface area contributed by atoms with Crippen molar-refractivity contribution in [2.24, 2.45) is 0 Å². The van der Waals surface area contributed by atoms with Crippen LogP contribution in [0.15, 0.2) is 24.0 Å². The van der Waals surface area contributed by atoms with Crippen molar-refractivity contribution in [3.05, 3.63) is 24.0 Å². The predicted octanol–water partition coefficient (Wildman–Crippen LogP) is 2.45. The lowest BCUT2D eigenvalue weighted by molar-refractivity contribution is -0.0788. The van der Waals surface area contributed by atoms with Crippen LogP contribution in [0.1, 0.15) is 12.8 Å². The molecule has 0 aromatic carbocycles. The topological polar surface area (TPSA) is 18.5 Å². The number of ether oxygens (including phenoxy) is 2. The number of allylic oxidation sites excluding steroid dienone is 3. The first-order valence-electron chi connectivity index (χ1n) is 3.96. The molecule has 68 valence electrons. The lowest BCUT2D eigenvalue weighted by Gasteiger charge is -2.17. The van der Waals surface area contributed by atoms with Gasteiger partial charge < -0.3 is 9.47 Å². The predicted molar refractivity (Wildman–Crippen MR) is 49.1 cm³/mol. The van der Waals surface area contributed by atoms with E-state index in [-0.39, 0.29) is 6.29 Å². The van der Waals surface area contributed by atoms with Crippen LogP contribution >= 0.6 is 11.6 Å². The molecule has 0 aromatic rings. The Labute approximate surface area is 77.8 Å². The number of halogens is 1. The number of alkyl halides is 1. The van der Waals surface area contributed by atoms with Gasteiger partial charge in [-0.1, -0.05) is 12.2 Å². The zero-order valence-corrected chi connectivity index (χ0v) is 7.88. The highest BCUT2D eigenvalue weighted by atomic mass is 35.5. The maximum Gasteiger partial charge on any atom is 0.212 e. The summed E-state index contributed by atoms with van der Waals surface area (Å²) in [6.07, 6.45) is 7.69. The van der Waals surface area contributed by atoms with Crippen molar-refractivity contribution in [3.8, 4) is 0 Å². The van der Waals surface area contributed by atoms with Crippen LogP contribution in [0.2, 0.25) is 0 Å². The van der Waals surface area contributed by atoms with Gasteiger partial charge in [0.15, 0.2) is 0 Å². The second-order valence-corrected chi connectivity index (χ2v) is 2.83. The van der Waals surface area contributed by atoms with E-state index >= 15 is 0 Å². The van der Waals surface area contributed by atoms with Gasteiger partial charge >= 0.3 is 0 Å². The first kappa shape index (κ1) is 9.62. The molecule has 1 aliphatic rings. The summed E-state index contributed by atoms with van der Waals surface area (Å²) in [5.41, 5.74) is 0. The number of hydrogen-bond donors (Lipinski definition) is 0. The van der Waals surface area contributed by atoms with E-state index in [1.54, 1.807) is 7.11 Å². The fourth-order valence-electron chi connectivity index (χ4n) is 0.986. The summed E-state index contributed by atoms with van der Waals surface area (Å²) < 4.78 is 10.4.